The molecule has 1 rings (SSSR count). The SMILES string of the molecule is C=CCC(C)C(=O)C1=CCCCC1. The van der Waals surface area contributed by atoms with Gasteiger partial charge in [-0.15, -0.1) is 6.58 Å². The lowest BCUT2D eigenvalue weighted by Crippen LogP contribution is -2.14. The van der Waals surface area contributed by atoms with Gasteiger partial charge in [0.05, 0.1) is 0 Å². The molecule has 1 nitrogen and oxygen atoms in total. The zero-order valence-corrected chi connectivity index (χ0v) is 8.38. The number of carbonyl (C=O) groups is 1. The largest absolute Gasteiger partial charge is 0.294 e. The average Bonchev–Trinajstić information content (AvgIpc) is 2.18. The predicted octanol–water partition coefficient (Wildman–Crippen LogP) is 3.27. The maximum absolute atomic E-state index is 11.8. The van der Waals surface area contributed by atoms with Gasteiger partial charge >= 0.3 is 0 Å². The molecule has 0 aromatic rings. The molecule has 0 N–H and O–H groups in total. The fourth-order valence-corrected chi connectivity index (χ4v) is 1.74. The Balaban J connectivity index is 2.54. The summed E-state index contributed by atoms with van der Waals surface area (Å²) in [6.45, 7) is 5.64. The fraction of sp³-hybridized carbons (Fsp3) is 0.583. The summed E-state index contributed by atoms with van der Waals surface area (Å²) < 4.78 is 0. The molecule has 0 heterocycles. The highest BCUT2D eigenvalue weighted by Gasteiger charge is 2.17. The zero-order valence-electron chi connectivity index (χ0n) is 8.38. The second-order valence-electron chi connectivity index (χ2n) is 3.76. The second-order valence-corrected chi connectivity index (χ2v) is 3.76. The molecular formula is C12H18O. The molecule has 0 fully saturated rings. The predicted molar refractivity (Wildman–Crippen MR) is 55.5 cm³/mol. The maximum Gasteiger partial charge on any atom is 0.161 e. The summed E-state index contributed by atoms with van der Waals surface area (Å²) in [5.41, 5.74) is 1.06. The van der Waals surface area contributed by atoms with Crippen LogP contribution in [0, 0.1) is 5.92 Å². The summed E-state index contributed by atoms with van der Waals surface area (Å²) in [7, 11) is 0. The van der Waals surface area contributed by atoms with Crippen LogP contribution in [0.1, 0.15) is 39.0 Å². The summed E-state index contributed by atoms with van der Waals surface area (Å²) in [5.74, 6) is 0.460. The maximum atomic E-state index is 11.8. The zero-order chi connectivity index (χ0) is 9.68. The molecule has 0 bridgehead atoms. The number of allylic oxidation sites excluding steroid dienone is 3. The van der Waals surface area contributed by atoms with E-state index in [9.17, 15) is 4.79 Å². The van der Waals surface area contributed by atoms with Crippen molar-refractivity contribution in [1.29, 1.82) is 0 Å². The third-order valence-corrected chi connectivity index (χ3v) is 2.58. The van der Waals surface area contributed by atoms with Crippen molar-refractivity contribution in [1.82, 2.24) is 0 Å². The molecule has 0 radical (unpaired) electrons. The molecule has 0 amide bonds. The van der Waals surface area contributed by atoms with Gasteiger partial charge in [-0.2, -0.15) is 0 Å². The number of carbonyl (C=O) groups excluding carboxylic acids is 1. The molecule has 0 spiro atoms. The van der Waals surface area contributed by atoms with E-state index in [2.05, 4.69) is 12.7 Å². The van der Waals surface area contributed by atoms with E-state index in [0.29, 0.717) is 5.78 Å². The Morgan fingerprint density at radius 1 is 1.69 bits per heavy atom. The number of rotatable bonds is 4. The highest BCUT2D eigenvalue weighted by molar-refractivity contribution is 5.97. The Kier molecular flexibility index (Phi) is 3.94. The van der Waals surface area contributed by atoms with Crippen molar-refractivity contribution < 1.29 is 4.79 Å². The van der Waals surface area contributed by atoms with Gasteiger partial charge in [0.2, 0.25) is 0 Å². The average molecular weight is 178 g/mol. The van der Waals surface area contributed by atoms with Crippen LogP contribution in [0.15, 0.2) is 24.3 Å². The van der Waals surface area contributed by atoms with Crippen LogP contribution in [0.25, 0.3) is 0 Å². The van der Waals surface area contributed by atoms with Crippen LogP contribution in [0.3, 0.4) is 0 Å². The van der Waals surface area contributed by atoms with Gasteiger partial charge in [0, 0.05) is 5.92 Å². The summed E-state index contributed by atoms with van der Waals surface area (Å²) in [6, 6.07) is 0. The first-order valence-electron chi connectivity index (χ1n) is 5.10. The van der Waals surface area contributed by atoms with Crippen molar-refractivity contribution >= 4 is 5.78 Å². The first kappa shape index (κ1) is 10.2. The molecule has 13 heavy (non-hydrogen) atoms. The van der Waals surface area contributed by atoms with Crippen LogP contribution < -0.4 is 0 Å². The number of Topliss-reactive ketones (excluding diaryl/α,β-unsaturated/α-hetero) is 1. The first-order valence-corrected chi connectivity index (χ1v) is 5.10. The van der Waals surface area contributed by atoms with E-state index in [1.165, 1.54) is 12.8 Å². The fourth-order valence-electron chi connectivity index (χ4n) is 1.74. The van der Waals surface area contributed by atoms with Gasteiger partial charge in [-0.25, -0.2) is 0 Å². The molecule has 1 aliphatic rings. The summed E-state index contributed by atoms with van der Waals surface area (Å²) in [5, 5.41) is 0. The molecule has 1 heteroatoms. The Morgan fingerprint density at radius 2 is 2.46 bits per heavy atom. The molecule has 72 valence electrons. The Morgan fingerprint density at radius 3 is 3.00 bits per heavy atom. The quantitative estimate of drug-likeness (QED) is 0.604. The minimum Gasteiger partial charge on any atom is -0.294 e. The van der Waals surface area contributed by atoms with E-state index < -0.39 is 0 Å². The lowest BCUT2D eigenvalue weighted by atomic mass is 9.89. The van der Waals surface area contributed by atoms with Gasteiger partial charge < -0.3 is 0 Å². The molecule has 1 atom stereocenters. The van der Waals surface area contributed by atoms with Gasteiger partial charge in [0.25, 0.3) is 0 Å². The topological polar surface area (TPSA) is 17.1 Å². The Labute approximate surface area is 80.5 Å². The molecule has 1 aliphatic carbocycles. The summed E-state index contributed by atoms with van der Waals surface area (Å²) in [4.78, 5) is 11.8. The van der Waals surface area contributed by atoms with Crippen LogP contribution >= 0.6 is 0 Å². The number of ketones is 1. The van der Waals surface area contributed by atoms with Gasteiger partial charge in [0.1, 0.15) is 0 Å². The molecule has 0 saturated heterocycles. The summed E-state index contributed by atoms with van der Waals surface area (Å²) >= 11 is 0. The van der Waals surface area contributed by atoms with Crippen molar-refractivity contribution in [3.63, 3.8) is 0 Å². The highest BCUT2D eigenvalue weighted by atomic mass is 16.1. The van der Waals surface area contributed by atoms with Crippen molar-refractivity contribution in [2.45, 2.75) is 39.0 Å². The van der Waals surface area contributed by atoms with Crippen LogP contribution in [0.5, 0.6) is 0 Å². The monoisotopic (exact) mass is 178 g/mol. The molecule has 0 saturated carbocycles. The van der Waals surface area contributed by atoms with E-state index in [1.807, 2.05) is 13.0 Å². The van der Waals surface area contributed by atoms with E-state index in [-0.39, 0.29) is 5.92 Å². The molecule has 0 aromatic carbocycles. The molecule has 0 aliphatic heterocycles. The molecule has 0 aromatic heterocycles. The van der Waals surface area contributed by atoms with Gasteiger partial charge in [0.15, 0.2) is 5.78 Å². The van der Waals surface area contributed by atoms with Crippen LogP contribution in [0.2, 0.25) is 0 Å². The van der Waals surface area contributed by atoms with Crippen LogP contribution in [-0.4, -0.2) is 5.78 Å². The highest BCUT2D eigenvalue weighted by Crippen LogP contribution is 2.21. The van der Waals surface area contributed by atoms with E-state index in [1.54, 1.807) is 0 Å². The normalized spacial score (nSPS) is 19.0. The Hall–Kier alpha value is -0.850. The Bertz CT molecular complexity index is 225. The lowest BCUT2D eigenvalue weighted by Gasteiger charge is -2.14. The third-order valence-electron chi connectivity index (χ3n) is 2.58. The van der Waals surface area contributed by atoms with Crippen molar-refractivity contribution in [3.8, 4) is 0 Å². The van der Waals surface area contributed by atoms with E-state index in [4.69, 9.17) is 0 Å². The first-order chi connectivity index (χ1) is 6.25. The standard InChI is InChI=1S/C12H18O/c1-3-7-10(2)12(13)11-8-5-4-6-9-11/h3,8,10H,1,4-7,9H2,2H3. The van der Waals surface area contributed by atoms with Crippen molar-refractivity contribution in [3.05, 3.63) is 24.3 Å². The minimum atomic E-state index is 0.127. The van der Waals surface area contributed by atoms with Crippen LogP contribution in [-0.2, 0) is 4.79 Å². The van der Waals surface area contributed by atoms with E-state index >= 15 is 0 Å². The molecule has 1 unspecified atom stereocenters. The van der Waals surface area contributed by atoms with Gasteiger partial charge in [-0.05, 0) is 37.7 Å². The van der Waals surface area contributed by atoms with Crippen molar-refractivity contribution in [2.24, 2.45) is 5.92 Å². The lowest BCUT2D eigenvalue weighted by molar-refractivity contribution is -0.118. The molecular weight excluding hydrogens is 160 g/mol. The minimum absolute atomic E-state index is 0.127. The van der Waals surface area contributed by atoms with E-state index in [0.717, 1.165) is 24.8 Å². The number of hydrogen-bond donors (Lipinski definition) is 0. The number of hydrogen-bond acceptors (Lipinski definition) is 1. The summed E-state index contributed by atoms with van der Waals surface area (Å²) in [6.07, 6.45) is 9.24. The third kappa shape index (κ3) is 2.83. The van der Waals surface area contributed by atoms with Crippen molar-refractivity contribution in [2.75, 3.05) is 0 Å². The van der Waals surface area contributed by atoms with Gasteiger partial charge in [-0.1, -0.05) is 19.1 Å². The second kappa shape index (κ2) is 5.00. The smallest absolute Gasteiger partial charge is 0.161 e. The van der Waals surface area contributed by atoms with Gasteiger partial charge in [-0.3, -0.25) is 4.79 Å². The van der Waals surface area contributed by atoms with Crippen LogP contribution in [0.4, 0.5) is 0 Å².